The number of carbonyl (C=O) groups excluding carboxylic acids is 2. The predicted octanol–water partition coefficient (Wildman–Crippen LogP) is 1.31. The molecule has 0 radical (unpaired) electrons. The zero-order valence-electron chi connectivity index (χ0n) is 16.3. The molecule has 156 valence electrons. The second kappa shape index (κ2) is 7.78. The van der Waals surface area contributed by atoms with Gasteiger partial charge in [-0.15, -0.1) is 4.40 Å². The summed E-state index contributed by atoms with van der Waals surface area (Å²) >= 11 is 0. The molecule has 0 aromatic heterocycles. The number of fused-ring (bicyclic) bond motifs is 1. The first-order valence-corrected chi connectivity index (χ1v) is 11.4. The first-order chi connectivity index (χ1) is 13.8. The summed E-state index contributed by atoms with van der Waals surface area (Å²) in [5.74, 6) is -0.221. The number of hydrogen-bond acceptors (Lipinski definition) is 6. The van der Waals surface area contributed by atoms with Crippen molar-refractivity contribution in [2.45, 2.75) is 43.5 Å². The van der Waals surface area contributed by atoms with E-state index in [4.69, 9.17) is 4.74 Å². The standard InChI is InChI=1S/C20H25N3O5S/c1-13(14-8-9-14)21-18(24)12-28-20(25)15-5-4-10-23(11-15)19-16-6-2-3-7-17(16)29(26,27)22-19/h2-3,6-7,13-15H,4-5,8-12H2,1H3,(H,21,24)/t13-,15+/m1/s1. The number of ether oxygens (including phenoxy) is 1. The summed E-state index contributed by atoms with van der Waals surface area (Å²) in [6.07, 6.45) is 3.60. The second-order valence-electron chi connectivity index (χ2n) is 7.97. The van der Waals surface area contributed by atoms with Crippen LogP contribution in [0.4, 0.5) is 0 Å². The molecule has 0 unspecified atom stereocenters. The van der Waals surface area contributed by atoms with Crippen LogP contribution in [-0.2, 0) is 24.3 Å². The number of amidine groups is 1. The minimum Gasteiger partial charge on any atom is -0.455 e. The lowest BCUT2D eigenvalue weighted by atomic mass is 9.97. The summed E-state index contributed by atoms with van der Waals surface area (Å²) in [4.78, 5) is 26.5. The molecule has 1 aromatic rings. The van der Waals surface area contributed by atoms with Crippen LogP contribution in [-0.4, -0.2) is 56.8 Å². The molecule has 1 aromatic carbocycles. The molecule has 29 heavy (non-hydrogen) atoms. The molecule has 2 atom stereocenters. The Bertz CT molecular complexity index is 955. The zero-order valence-corrected chi connectivity index (χ0v) is 17.2. The lowest BCUT2D eigenvalue weighted by Gasteiger charge is -2.32. The number of hydrogen-bond donors (Lipinski definition) is 1. The normalized spacial score (nSPS) is 23.7. The fourth-order valence-electron chi connectivity index (χ4n) is 3.94. The van der Waals surface area contributed by atoms with Crippen LogP contribution in [0.2, 0.25) is 0 Å². The molecule has 2 heterocycles. The van der Waals surface area contributed by atoms with E-state index in [0.717, 1.165) is 12.8 Å². The van der Waals surface area contributed by atoms with Gasteiger partial charge in [-0.3, -0.25) is 9.59 Å². The van der Waals surface area contributed by atoms with Crippen LogP contribution in [0, 0.1) is 11.8 Å². The van der Waals surface area contributed by atoms with Gasteiger partial charge in [0.1, 0.15) is 4.90 Å². The van der Waals surface area contributed by atoms with Crippen LogP contribution in [0.1, 0.15) is 38.2 Å². The molecular weight excluding hydrogens is 394 g/mol. The van der Waals surface area contributed by atoms with Gasteiger partial charge in [0.2, 0.25) is 0 Å². The van der Waals surface area contributed by atoms with Crippen molar-refractivity contribution in [2.75, 3.05) is 19.7 Å². The first-order valence-electron chi connectivity index (χ1n) is 10.0. The van der Waals surface area contributed by atoms with Crippen molar-refractivity contribution in [1.29, 1.82) is 0 Å². The SMILES string of the molecule is C[C@@H](NC(=O)COC(=O)[C@H]1CCCN(C2=NS(=O)(=O)c3ccccc32)C1)C1CC1. The number of esters is 1. The Morgan fingerprint density at radius 3 is 2.79 bits per heavy atom. The number of carbonyl (C=O) groups is 2. The smallest absolute Gasteiger partial charge is 0.311 e. The van der Waals surface area contributed by atoms with E-state index in [1.807, 2.05) is 11.8 Å². The van der Waals surface area contributed by atoms with Gasteiger partial charge in [-0.05, 0) is 50.7 Å². The van der Waals surface area contributed by atoms with Crippen molar-refractivity contribution >= 4 is 27.7 Å². The number of benzene rings is 1. The summed E-state index contributed by atoms with van der Waals surface area (Å²) in [6.45, 7) is 2.61. The van der Waals surface area contributed by atoms with Crippen molar-refractivity contribution in [3.05, 3.63) is 29.8 Å². The summed E-state index contributed by atoms with van der Waals surface area (Å²) in [5, 5.41) is 2.86. The number of amides is 1. The molecule has 1 saturated heterocycles. The Hall–Kier alpha value is -2.42. The summed E-state index contributed by atoms with van der Waals surface area (Å²) in [6, 6.07) is 6.81. The van der Waals surface area contributed by atoms with Gasteiger partial charge in [-0.1, -0.05) is 12.1 Å². The molecule has 4 rings (SSSR count). The van der Waals surface area contributed by atoms with Crippen LogP contribution in [0.3, 0.4) is 0 Å². The molecule has 1 saturated carbocycles. The number of likely N-dealkylation sites (tertiary alicyclic amines) is 1. The molecular formula is C20H25N3O5S. The van der Waals surface area contributed by atoms with Gasteiger partial charge in [0.05, 0.1) is 5.92 Å². The van der Waals surface area contributed by atoms with Gasteiger partial charge >= 0.3 is 5.97 Å². The average Bonchev–Trinajstić information content (AvgIpc) is 3.52. The molecule has 9 heteroatoms. The van der Waals surface area contributed by atoms with Gasteiger partial charge in [-0.25, -0.2) is 0 Å². The van der Waals surface area contributed by atoms with Gasteiger partial charge in [0, 0.05) is 24.7 Å². The van der Waals surface area contributed by atoms with Crippen molar-refractivity contribution in [2.24, 2.45) is 16.2 Å². The van der Waals surface area contributed by atoms with E-state index in [-0.39, 0.29) is 23.5 Å². The molecule has 3 aliphatic rings. The summed E-state index contributed by atoms with van der Waals surface area (Å²) in [5.41, 5.74) is 0.565. The van der Waals surface area contributed by atoms with E-state index in [9.17, 15) is 18.0 Å². The Morgan fingerprint density at radius 2 is 2.03 bits per heavy atom. The van der Waals surface area contributed by atoms with E-state index in [1.54, 1.807) is 18.2 Å². The topological polar surface area (TPSA) is 105 Å². The number of piperidine rings is 1. The summed E-state index contributed by atoms with van der Waals surface area (Å²) in [7, 11) is -3.70. The second-order valence-corrected chi connectivity index (χ2v) is 9.55. The van der Waals surface area contributed by atoms with E-state index in [0.29, 0.717) is 43.2 Å². The van der Waals surface area contributed by atoms with Gasteiger partial charge in [0.25, 0.3) is 15.9 Å². The highest BCUT2D eigenvalue weighted by atomic mass is 32.2. The van der Waals surface area contributed by atoms with Crippen molar-refractivity contribution in [1.82, 2.24) is 10.2 Å². The Labute approximate surface area is 170 Å². The average molecular weight is 420 g/mol. The molecule has 0 bridgehead atoms. The van der Waals surface area contributed by atoms with Crippen molar-refractivity contribution in [3.8, 4) is 0 Å². The van der Waals surface area contributed by atoms with E-state index in [1.165, 1.54) is 6.07 Å². The molecule has 1 amide bonds. The fraction of sp³-hybridized carbons (Fsp3) is 0.550. The van der Waals surface area contributed by atoms with Crippen molar-refractivity contribution < 1.29 is 22.7 Å². The van der Waals surface area contributed by atoms with Gasteiger partial charge < -0.3 is 15.0 Å². The number of nitrogens with one attached hydrogen (secondary N) is 1. The first kappa shape index (κ1) is 19.9. The quantitative estimate of drug-likeness (QED) is 0.722. The maximum Gasteiger partial charge on any atom is 0.311 e. The maximum absolute atomic E-state index is 12.5. The minimum absolute atomic E-state index is 0.105. The number of rotatable bonds is 5. The Morgan fingerprint density at radius 1 is 1.28 bits per heavy atom. The number of nitrogens with zero attached hydrogens (tertiary/aromatic N) is 2. The number of sulfonamides is 1. The Kier molecular flexibility index (Phi) is 5.33. The van der Waals surface area contributed by atoms with Crippen LogP contribution in [0.5, 0.6) is 0 Å². The van der Waals surface area contributed by atoms with E-state index < -0.39 is 21.9 Å². The monoisotopic (exact) mass is 419 g/mol. The molecule has 8 nitrogen and oxygen atoms in total. The van der Waals surface area contributed by atoms with Crippen LogP contribution in [0.15, 0.2) is 33.6 Å². The maximum atomic E-state index is 12.5. The third-order valence-electron chi connectivity index (χ3n) is 5.73. The van der Waals surface area contributed by atoms with Gasteiger partial charge in [0.15, 0.2) is 12.4 Å². The third-order valence-corrected chi connectivity index (χ3v) is 7.06. The van der Waals surface area contributed by atoms with Gasteiger partial charge in [-0.2, -0.15) is 8.42 Å². The molecule has 0 spiro atoms. The largest absolute Gasteiger partial charge is 0.455 e. The lowest BCUT2D eigenvalue weighted by Crippen LogP contribution is -2.43. The fourth-order valence-corrected chi connectivity index (χ4v) is 5.17. The zero-order chi connectivity index (χ0) is 20.6. The highest BCUT2D eigenvalue weighted by Crippen LogP contribution is 2.32. The minimum atomic E-state index is -3.70. The predicted molar refractivity (Wildman–Crippen MR) is 106 cm³/mol. The van der Waals surface area contributed by atoms with Crippen LogP contribution < -0.4 is 5.32 Å². The van der Waals surface area contributed by atoms with E-state index in [2.05, 4.69) is 9.71 Å². The highest BCUT2D eigenvalue weighted by molar-refractivity contribution is 7.90. The molecule has 2 fully saturated rings. The molecule has 2 aliphatic heterocycles. The summed E-state index contributed by atoms with van der Waals surface area (Å²) < 4.78 is 33.7. The van der Waals surface area contributed by atoms with Crippen LogP contribution >= 0.6 is 0 Å². The lowest BCUT2D eigenvalue weighted by molar-refractivity contribution is -0.154. The Balaban J connectivity index is 1.36. The highest BCUT2D eigenvalue weighted by Gasteiger charge is 2.36. The molecule has 1 N–H and O–H groups in total. The van der Waals surface area contributed by atoms with Crippen LogP contribution in [0.25, 0.3) is 0 Å². The third kappa shape index (κ3) is 4.29. The van der Waals surface area contributed by atoms with E-state index >= 15 is 0 Å². The van der Waals surface area contributed by atoms with Crippen molar-refractivity contribution in [3.63, 3.8) is 0 Å². The molecule has 1 aliphatic carbocycles.